The number of hydrogen-bond acceptors (Lipinski definition) is 4. The van der Waals surface area contributed by atoms with E-state index in [1.54, 1.807) is 11.0 Å². The molecule has 1 aromatic heterocycles. The van der Waals surface area contributed by atoms with Crippen molar-refractivity contribution < 1.29 is 4.79 Å². The lowest BCUT2D eigenvalue weighted by Crippen LogP contribution is -2.43. The second-order valence-corrected chi connectivity index (χ2v) is 4.76. The molecular formula is C13H25N5O. The zero-order chi connectivity index (χ0) is 14.1. The second kappa shape index (κ2) is 8.63. The van der Waals surface area contributed by atoms with Gasteiger partial charge in [0.1, 0.15) is 6.33 Å². The van der Waals surface area contributed by atoms with Crippen molar-refractivity contribution in [2.24, 2.45) is 7.05 Å². The Bertz CT molecular complexity index is 377. The first kappa shape index (κ1) is 15.6. The van der Waals surface area contributed by atoms with Crippen molar-refractivity contribution in [3.8, 4) is 0 Å². The third kappa shape index (κ3) is 6.33. The molecule has 0 aliphatic rings. The maximum absolute atomic E-state index is 11.7. The quantitative estimate of drug-likeness (QED) is 0.644. The average Bonchev–Trinajstić information content (AvgIpc) is 2.80. The summed E-state index contributed by atoms with van der Waals surface area (Å²) in [6, 6.07) is -0.176. The number of aryl methyl sites for hydroxylation is 1. The summed E-state index contributed by atoms with van der Waals surface area (Å²) < 4.78 is 1.68. The fraction of sp³-hybridized carbons (Fsp3) is 0.769. The number of unbranched alkanes of at least 4 members (excludes halogenated alkanes) is 2. The number of rotatable bonds is 9. The summed E-state index contributed by atoms with van der Waals surface area (Å²) in [5.41, 5.74) is 0. The highest BCUT2D eigenvalue weighted by atomic mass is 16.2. The maximum Gasteiger partial charge on any atom is 0.236 e. The number of carbonyl (C=O) groups is 1. The molecular weight excluding hydrogens is 242 g/mol. The van der Waals surface area contributed by atoms with Gasteiger partial charge in [-0.25, -0.2) is 4.98 Å². The smallest absolute Gasteiger partial charge is 0.236 e. The van der Waals surface area contributed by atoms with Crippen LogP contribution in [0.4, 0.5) is 0 Å². The van der Waals surface area contributed by atoms with Gasteiger partial charge >= 0.3 is 0 Å². The van der Waals surface area contributed by atoms with Gasteiger partial charge in [-0.1, -0.05) is 19.8 Å². The van der Waals surface area contributed by atoms with E-state index in [9.17, 15) is 4.79 Å². The van der Waals surface area contributed by atoms with E-state index in [4.69, 9.17) is 0 Å². The van der Waals surface area contributed by atoms with Gasteiger partial charge in [-0.15, -0.1) is 0 Å². The molecule has 0 saturated carbocycles. The minimum absolute atomic E-state index is 0.0603. The van der Waals surface area contributed by atoms with Crippen molar-refractivity contribution in [3.63, 3.8) is 0 Å². The minimum atomic E-state index is -0.176. The average molecular weight is 267 g/mol. The van der Waals surface area contributed by atoms with Crippen LogP contribution in [-0.2, 0) is 18.3 Å². The van der Waals surface area contributed by atoms with E-state index in [2.05, 4.69) is 27.6 Å². The number of nitrogens with zero attached hydrogens (tertiary/aromatic N) is 3. The molecule has 0 spiro atoms. The van der Waals surface area contributed by atoms with E-state index < -0.39 is 0 Å². The Morgan fingerprint density at radius 1 is 1.42 bits per heavy atom. The van der Waals surface area contributed by atoms with Crippen LogP contribution >= 0.6 is 0 Å². The number of aromatic nitrogens is 3. The summed E-state index contributed by atoms with van der Waals surface area (Å²) in [6.45, 7) is 5.49. The number of carbonyl (C=O) groups excluding carboxylic acids is 1. The van der Waals surface area contributed by atoms with Gasteiger partial charge in [-0.3, -0.25) is 9.48 Å². The van der Waals surface area contributed by atoms with Crippen LogP contribution in [0, 0.1) is 0 Å². The van der Waals surface area contributed by atoms with Crippen molar-refractivity contribution in [2.75, 3.05) is 13.1 Å². The van der Waals surface area contributed by atoms with E-state index in [0.29, 0.717) is 6.54 Å². The molecule has 2 N–H and O–H groups in total. The molecule has 1 unspecified atom stereocenters. The van der Waals surface area contributed by atoms with E-state index in [-0.39, 0.29) is 11.9 Å². The molecule has 0 saturated heterocycles. The second-order valence-electron chi connectivity index (χ2n) is 4.76. The number of nitrogens with one attached hydrogen (secondary N) is 2. The van der Waals surface area contributed by atoms with E-state index in [1.807, 2.05) is 14.0 Å². The molecule has 1 aromatic rings. The van der Waals surface area contributed by atoms with Crippen LogP contribution in [0.15, 0.2) is 6.33 Å². The summed E-state index contributed by atoms with van der Waals surface area (Å²) in [4.78, 5) is 15.9. The lowest BCUT2D eigenvalue weighted by molar-refractivity contribution is -0.122. The minimum Gasteiger partial charge on any atom is -0.355 e. The van der Waals surface area contributed by atoms with Crippen molar-refractivity contribution in [1.82, 2.24) is 25.4 Å². The van der Waals surface area contributed by atoms with E-state index in [1.165, 1.54) is 6.42 Å². The molecule has 0 aromatic carbocycles. The topological polar surface area (TPSA) is 71.8 Å². The van der Waals surface area contributed by atoms with Crippen LogP contribution in [0.2, 0.25) is 0 Å². The van der Waals surface area contributed by atoms with Crippen LogP contribution < -0.4 is 10.6 Å². The predicted molar refractivity (Wildman–Crippen MR) is 74.7 cm³/mol. The first-order valence-electron chi connectivity index (χ1n) is 6.99. The Morgan fingerprint density at radius 2 is 2.21 bits per heavy atom. The van der Waals surface area contributed by atoms with Crippen LogP contribution in [0.25, 0.3) is 0 Å². The summed E-state index contributed by atoms with van der Waals surface area (Å²) in [5.74, 6) is 0.857. The Balaban J connectivity index is 2.12. The van der Waals surface area contributed by atoms with Gasteiger partial charge in [-0.2, -0.15) is 5.10 Å². The third-order valence-electron chi connectivity index (χ3n) is 2.92. The molecule has 1 amide bonds. The molecule has 6 nitrogen and oxygen atoms in total. The van der Waals surface area contributed by atoms with Crippen LogP contribution in [0.3, 0.4) is 0 Å². The first-order chi connectivity index (χ1) is 9.13. The predicted octanol–water partition coefficient (Wildman–Crippen LogP) is 0.642. The Hall–Kier alpha value is -1.43. The van der Waals surface area contributed by atoms with Crippen LogP contribution in [0.5, 0.6) is 0 Å². The summed E-state index contributed by atoms with van der Waals surface area (Å²) in [5, 5.41) is 10.3. The molecule has 1 heterocycles. The lowest BCUT2D eigenvalue weighted by atomic mass is 10.2. The summed E-state index contributed by atoms with van der Waals surface area (Å²) in [7, 11) is 1.84. The molecule has 108 valence electrons. The van der Waals surface area contributed by atoms with E-state index in [0.717, 1.165) is 31.6 Å². The molecule has 19 heavy (non-hydrogen) atoms. The molecule has 0 radical (unpaired) electrons. The molecule has 6 heteroatoms. The van der Waals surface area contributed by atoms with Gasteiger partial charge in [0.05, 0.1) is 6.04 Å². The zero-order valence-corrected chi connectivity index (χ0v) is 12.1. The maximum atomic E-state index is 11.7. The molecule has 0 aliphatic carbocycles. The van der Waals surface area contributed by atoms with Crippen molar-refractivity contribution in [3.05, 3.63) is 12.2 Å². The van der Waals surface area contributed by atoms with Gasteiger partial charge in [-0.05, 0) is 13.3 Å². The SMILES string of the molecule is CCCCCNC(=O)C(C)NCCc1ncn(C)n1. The number of hydrogen-bond donors (Lipinski definition) is 2. The highest BCUT2D eigenvalue weighted by Crippen LogP contribution is 1.92. The summed E-state index contributed by atoms with van der Waals surface area (Å²) >= 11 is 0. The van der Waals surface area contributed by atoms with Crippen molar-refractivity contribution in [2.45, 2.75) is 45.6 Å². The largest absolute Gasteiger partial charge is 0.355 e. The molecule has 0 fully saturated rings. The fourth-order valence-electron chi connectivity index (χ4n) is 1.73. The zero-order valence-electron chi connectivity index (χ0n) is 12.1. The lowest BCUT2D eigenvalue weighted by Gasteiger charge is -2.13. The monoisotopic (exact) mass is 267 g/mol. The molecule has 1 rings (SSSR count). The number of amides is 1. The van der Waals surface area contributed by atoms with Crippen molar-refractivity contribution in [1.29, 1.82) is 0 Å². The normalized spacial score (nSPS) is 12.4. The fourth-order valence-corrected chi connectivity index (χ4v) is 1.73. The van der Waals surface area contributed by atoms with Gasteiger partial charge in [0.2, 0.25) is 5.91 Å². The Kier molecular flexibility index (Phi) is 7.10. The Labute approximate surface area is 115 Å². The van der Waals surface area contributed by atoms with Gasteiger partial charge < -0.3 is 10.6 Å². The first-order valence-corrected chi connectivity index (χ1v) is 6.99. The third-order valence-corrected chi connectivity index (χ3v) is 2.92. The van der Waals surface area contributed by atoms with Crippen LogP contribution in [-0.4, -0.2) is 39.8 Å². The van der Waals surface area contributed by atoms with Gasteiger partial charge in [0.15, 0.2) is 5.82 Å². The van der Waals surface area contributed by atoms with Gasteiger partial charge in [0, 0.05) is 26.6 Å². The highest BCUT2D eigenvalue weighted by Gasteiger charge is 2.11. The van der Waals surface area contributed by atoms with Gasteiger partial charge in [0.25, 0.3) is 0 Å². The summed E-state index contributed by atoms with van der Waals surface area (Å²) in [6.07, 6.45) is 5.79. The molecule has 0 bridgehead atoms. The van der Waals surface area contributed by atoms with Crippen LogP contribution in [0.1, 0.15) is 38.9 Å². The molecule has 1 atom stereocenters. The molecule has 0 aliphatic heterocycles. The Morgan fingerprint density at radius 3 is 2.84 bits per heavy atom. The van der Waals surface area contributed by atoms with E-state index >= 15 is 0 Å². The van der Waals surface area contributed by atoms with Crippen molar-refractivity contribution >= 4 is 5.91 Å². The highest BCUT2D eigenvalue weighted by molar-refractivity contribution is 5.81. The standard InChI is InChI=1S/C13H25N5O/c1-4-5-6-8-15-13(19)11(2)14-9-7-12-16-10-18(3)17-12/h10-11,14H,4-9H2,1-3H3,(H,15,19).